The van der Waals surface area contributed by atoms with Crippen LogP contribution in [0, 0.1) is 0 Å². The van der Waals surface area contributed by atoms with Crippen molar-refractivity contribution in [2.75, 3.05) is 0 Å². The molecule has 0 saturated carbocycles. The van der Waals surface area contributed by atoms with Crippen LogP contribution in [0.25, 0.3) is 11.1 Å². The molecule has 0 bridgehead atoms. The SMILES string of the molecule is CCc1ccccc1-c1cccc(C(N)=O)c1CC. The lowest BCUT2D eigenvalue weighted by atomic mass is 9.90. The minimum atomic E-state index is -0.354. The van der Waals surface area contributed by atoms with Crippen molar-refractivity contribution in [1.29, 1.82) is 0 Å². The topological polar surface area (TPSA) is 43.1 Å². The first-order chi connectivity index (χ1) is 9.19. The second-order valence-electron chi connectivity index (χ2n) is 4.56. The molecule has 0 aliphatic carbocycles. The molecule has 19 heavy (non-hydrogen) atoms. The lowest BCUT2D eigenvalue weighted by Crippen LogP contribution is -2.14. The minimum Gasteiger partial charge on any atom is -0.366 e. The predicted molar refractivity (Wildman–Crippen MR) is 79.2 cm³/mol. The van der Waals surface area contributed by atoms with Crippen LogP contribution in [0.2, 0.25) is 0 Å². The second-order valence-corrected chi connectivity index (χ2v) is 4.56. The van der Waals surface area contributed by atoms with Gasteiger partial charge in [0.1, 0.15) is 0 Å². The van der Waals surface area contributed by atoms with Gasteiger partial charge in [0.2, 0.25) is 5.91 Å². The monoisotopic (exact) mass is 253 g/mol. The molecule has 1 amide bonds. The van der Waals surface area contributed by atoms with Crippen molar-refractivity contribution >= 4 is 5.91 Å². The molecule has 0 heterocycles. The second kappa shape index (κ2) is 5.70. The highest BCUT2D eigenvalue weighted by Gasteiger charge is 2.13. The Kier molecular flexibility index (Phi) is 4.00. The van der Waals surface area contributed by atoms with Gasteiger partial charge < -0.3 is 5.73 Å². The molecule has 2 N–H and O–H groups in total. The van der Waals surface area contributed by atoms with Crippen LogP contribution in [0.1, 0.15) is 35.3 Å². The van der Waals surface area contributed by atoms with Gasteiger partial charge in [-0.1, -0.05) is 50.2 Å². The van der Waals surface area contributed by atoms with Gasteiger partial charge in [-0.2, -0.15) is 0 Å². The van der Waals surface area contributed by atoms with E-state index in [1.54, 1.807) is 6.07 Å². The zero-order chi connectivity index (χ0) is 13.8. The van der Waals surface area contributed by atoms with Crippen molar-refractivity contribution in [2.24, 2.45) is 5.73 Å². The Hall–Kier alpha value is -2.09. The summed E-state index contributed by atoms with van der Waals surface area (Å²) >= 11 is 0. The normalized spacial score (nSPS) is 10.4. The summed E-state index contributed by atoms with van der Waals surface area (Å²) in [7, 11) is 0. The summed E-state index contributed by atoms with van der Waals surface area (Å²) in [5, 5.41) is 0. The van der Waals surface area contributed by atoms with Crippen LogP contribution in [-0.2, 0) is 12.8 Å². The first-order valence-electron chi connectivity index (χ1n) is 6.69. The van der Waals surface area contributed by atoms with Gasteiger partial charge in [-0.25, -0.2) is 0 Å². The number of primary amides is 1. The Balaban J connectivity index is 2.68. The highest BCUT2D eigenvalue weighted by atomic mass is 16.1. The Morgan fingerprint density at radius 2 is 1.63 bits per heavy atom. The third kappa shape index (κ3) is 2.53. The quantitative estimate of drug-likeness (QED) is 0.889. The van der Waals surface area contributed by atoms with Crippen molar-refractivity contribution < 1.29 is 4.79 Å². The zero-order valence-electron chi connectivity index (χ0n) is 11.4. The molecule has 2 heteroatoms. The zero-order valence-corrected chi connectivity index (χ0v) is 11.4. The van der Waals surface area contributed by atoms with E-state index in [2.05, 4.69) is 32.0 Å². The number of carbonyl (C=O) groups excluding carboxylic acids is 1. The van der Waals surface area contributed by atoms with Crippen molar-refractivity contribution in [3.8, 4) is 11.1 Å². The molecule has 0 aromatic heterocycles. The van der Waals surface area contributed by atoms with Crippen molar-refractivity contribution in [1.82, 2.24) is 0 Å². The number of carbonyl (C=O) groups is 1. The number of rotatable bonds is 4. The summed E-state index contributed by atoms with van der Waals surface area (Å²) in [4.78, 5) is 11.5. The summed E-state index contributed by atoms with van der Waals surface area (Å²) < 4.78 is 0. The van der Waals surface area contributed by atoms with Gasteiger partial charge >= 0.3 is 0 Å². The van der Waals surface area contributed by atoms with Gasteiger partial charge in [-0.15, -0.1) is 0 Å². The largest absolute Gasteiger partial charge is 0.366 e. The lowest BCUT2D eigenvalue weighted by molar-refractivity contribution is 0.0999. The van der Waals surface area contributed by atoms with E-state index in [0.717, 1.165) is 24.0 Å². The molecule has 0 aliphatic heterocycles. The van der Waals surface area contributed by atoms with E-state index in [0.29, 0.717) is 5.56 Å². The number of aryl methyl sites for hydroxylation is 1. The first kappa shape index (κ1) is 13.3. The number of hydrogen-bond donors (Lipinski definition) is 1. The number of amides is 1. The average Bonchev–Trinajstić information content (AvgIpc) is 2.46. The van der Waals surface area contributed by atoms with E-state index in [1.807, 2.05) is 18.2 Å². The van der Waals surface area contributed by atoms with Gasteiger partial charge in [0, 0.05) is 5.56 Å². The predicted octanol–water partition coefficient (Wildman–Crippen LogP) is 3.58. The van der Waals surface area contributed by atoms with E-state index < -0.39 is 0 Å². The minimum absolute atomic E-state index is 0.354. The van der Waals surface area contributed by atoms with Gasteiger partial charge in [-0.3, -0.25) is 4.79 Å². The van der Waals surface area contributed by atoms with E-state index in [9.17, 15) is 4.79 Å². The van der Waals surface area contributed by atoms with Gasteiger partial charge in [0.15, 0.2) is 0 Å². The fourth-order valence-corrected chi connectivity index (χ4v) is 2.54. The van der Waals surface area contributed by atoms with E-state index in [-0.39, 0.29) is 5.91 Å². The van der Waals surface area contributed by atoms with Crippen LogP contribution in [-0.4, -0.2) is 5.91 Å². The number of nitrogens with two attached hydrogens (primary N) is 1. The van der Waals surface area contributed by atoms with Crippen molar-refractivity contribution in [3.05, 3.63) is 59.2 Å². The third-order valence-corrected chi connectivity index (χ3v) is 3.48. The Bertz CT molecular complexity index is 602. The summed E-state index contributed by atoms with van der Waals surface area (Å²) in [6, 6.07) is 14.1. The van der Waals surface area contributed by atoms with Crippen LogP contribution >= 0.6 is 0 Å². The Labute approximate surface area is 114 Å². The first-order valence-corrected chi connectivity index (χ1v) is 6.69. The maximum Gasteiger partial charge on any atom is 0.248 e. The van der Waals surface area contributed by atoms with Gasteiger partial charge in [-0.05, 0) is 41.2 Å². The molecule has 0 fully saturated rings. The van der Waals surface area contributed by atoms with Crippen LogP contribution in [0.15, 0.2) is 42.5 Å². The number of hydrogen-bond acceptors (Lipinski definition) is 1. The van der Waals surface area contributed by atoms with E-state index in [4.69, 9.17) is 5.73 Å². The lowest BCUT2D eigenvalue weighted by Gasteiger charge is -2.14. The molecular formula is C17H19NO. The maximum absolute atomic E-state index is 11.5. The molecule has 98 valence electrons. The molecule has 0 saturated heterocycles. The smallest absolute Gasteiger partial charge is 0.248 e. The van der Waals surface area contributed by atoms with Crippen molar-refractivity contribution in [3.63, 3.8) is 0 Å². The summed E-state index contributed by atoms with van der Waals surface area (Å²) in [6.07, 6.45) is 1.77. The maximum atomic E-state index is 11.5. The molecule has 2 aromatic carbocycles. The van der Waals surface area contributed by atoms with Crippen LogP contribution in [0.3, 0.4) is 0 Å². The summed E-state index contributed by atoms with van der Waals surface area (Å²) in [5.41, 5.74) is 10.7. The van der Waals surface area contributed by atoms with Crippen LogP contribution in [0.5, 0.6) is 0 Å². The van der Waals surface area contributed by atoms with Crippen LogP contribution < -0.4 is 5.73 Å². The summed E-state index contributed by atoms with van der Waals surface area (Å²) in [6.45, 7) is 4.20. The number of benzene rings is 2. The molecule has 2 aromatic rings. The molecule has 0 atom stereocenters. The van der Waals surface area contributed by atoms with Gasteiger partial charge in [0.25, 0.3) is 0 Å². The molecule has 2 rings (SSSR count). The van der Waals surface area contributed by atoms with Crippen LogP contribution in [0.4, 0.5) is 0 Å². The molecular weight excluding hydrogens is 234 g/mol. The molecule has 0 radical (unpaired) electrons. The average molecular weight is 253 g/mol. The highest BCUT2D eigenvalue weighted by Crippen LogP contribution is 2.29. The fraction of sp³-hybridized carbons (Fsp3) is 0.235. The Morgan fingerprint density at radius 3 is 2.26 bits per heavy atom. The molecule has 0 aliphatic rings. The fourth-order valence-electron chi connectivity index (χ4n) is 2.54. The Morgan fingerprint density at radius 1 is 0.947 bits per heavy atom. The molecule has 0 spiro atoms. The van der Waals surface area contributed by atoms with E-state index in [1.165, 1.54) is 11.1 Å². The molecule has 2 nitrogen and oxygen atoms in total. The summed E-state index contributed by atoms with van der Waals surface area (Å²) in [5.74, 6) is -0.354. The standard InChI is InChI=1S/C17H19NO/c1-3-12-8-5-6-9-14(12)15-10-7-11-16(17(18)19)13(15)4-2/h5-11H,3-4H2,1-2H3,(H2,18,19). The van der Waals surface area contributed by atoms with E-state index >= 15 is 0 Å². The third-order valence-electron chi connectivity index (χ3n) is 3.48. The van der Waals surface area contributed by atoms with Gasteiger partial charge in [0.05, 0.1) is 0 Å². The molecule has 0 unspecified atom stereocenters. The van der Waals surface area contributed by atoms with Crippen molar-refractivity contribution in [2.45, 2.75) is 26.7 Å². The highest BCUT2D eigenvalue weighted by molar-refractivity contribution is 5.96.